The predicted octanol–water partition coefficient (Wildman–Crippen LogP) is 2.14. The fourth-order valence-corrected chi connectivity index (χ4v) is 2.91. The standard InChI is InChI=1S/C16H31NO4/c1-12(2)17-16(4,15(18)19-5)10-13(3)21-11-14-6-8-20-9-7-14/h12-14,17H,6-11H2,1-5H3. The molecule has 5 heteroatoms. The SMILES string of the molecule is COC(=O)C(C)(CC(C)OCC1CCOCC1)NC(C)C. The lowest BCUT2D eigenvalue weighted by atomic mass is 9.93. The van der Waals surface area contributed by atoms with E-state index in [0.29, 0.717) is 12.3 Å². The summed E-state index contributed by atoms with van der Waals surface area (Å²) in [5.74, 6) is 0.335. The maximum absolute atomic E-state index is 12.1. The van der Waals surface area contributed by atoms with Gasteiger partial charge < -0.3 is 14.2 Å². The van der Waals surface area contributed by atoms with Crippen LogP contribution in [0.3, 0.4) is 0 Å². The Hall–Kier alpha value is -0.650. The van der Waals surface area contributed by atoms with Gasteiger partial charge in [0.25, 0.3) is 0 Å². The zero-order valence-electron chi connectivity index (χ0n) is 14.1. The van der Waals surface area contributed by atoms with Crippen molar-refractivity contribution in [1.29, 1.82) is 0 Å². The van der Waals surface area contributed by atoms with Crippen molar-refractivity contribution in [2.75, 3.05) is 26.9 Å². The molecule has 0 spiro atoms. The molecule has 1 aliphatic rings. The van der Waals surface area contributed by atoms with Crippen molar-refractivity contribution in [3.8, 4) is 0 Å². The summed E-state index contributed by atoms with van der Waals surface area (Å²) >= 11 is 0. The number of carbonyl (C=O) groups is 1. The molecule has 2 atom stereocenters. The van der Waals surface area contributed by atoms with Gasteiger partial charge in [-0.25, -0.2) is 0 Å². The maximum atomic E-state index is 12.1. The second-order valence-corrected chi connectivity index (χ2v) is 6.53. The molecule has 0 aromatic heterocycles. The van der Waals surface area contributed by atoms with Crippen molar-refractivity contribution in [2.24, 2.45) is 5.92 Å². The van der Waals surface area contributed by atoms with Crippen molar-refractivity contribution in [2.45, 2.75) is 64.6 Å². The lowest BCUT2D eigenvalue weighted by Gasteiger charge is -2.33. The minimum atomic E-state index is -0.710. The number of rotatable bonds is 8. The van der Waals surface area contributed by atoms with Crippen LogP contribution in [0.15, 0.2) is 0 Å². The summed E-state index contributed by atoms with van der Waals surface area (Å²) in [4.78, 5) is 12.1. The Kier molecular flexibility index (Phi) is 7.63. The molecule has 1 N–H and O–H groups in total. The number of nitrogens with one attached hydrogen (secondary N) is 1. The Morgan fingerprint density at radius 3 is 2.48 bits per heavy atom. The molecule has 1 heterocycles. The first-order valence-corrected chi connectivity index (χ1v) is 7.93. The Bertz CT molecular complexity index is 315. The number of hydrogen-bond donors (Lipinski definition) is 1. The fourth-order valence-electron chi connectivity index (χ4n) is 2.91. The van der Waals surface area contributed by atoms with Crippen molar-refractivity contribution in [3.05, 3.63) is 0 Å². The van der Waals surface area contributed by atoms with Crippen LogP contribution in [0.4, 0.5) is 0 Å². The maximum Gasteiger partial charge on any atom is 0.325 e. The molecular formula is C16H31NO4. The average Bonchev–Trinajstić information content (AvgIpc) is 2.44. The monoisotopic (exact) mass is 301 g/mol. The Morgan fingerprint density at radius 1 is 1.33 bits per heavy atom. The zero-order valence-corrected chi connectivity index (χ0v) is 14.1. The second-order valence-electron chi connectivity index (χ2n) is 6.53. The molecular weight excluding hydrogens is 270 g/mol. The van der Waals surface area contributed by atoms with E-state index in [0.717, 1.165) is 32.7 Å². The van der Waals surface area contributed by atoms with E-state index in [1.54, 1.807) is 0 Å². The molecule has 1 fully saturated rings. The number of methoxy groups -OCH3 is 1. The highest BCUT2D eigenvalue weighted by atomic mass is 16.5. The van der Waals surface area contributed by atoms with Crippen LogP contribution in [-0.4, -0.2) is 50.6 Å². The zero-order chi connectivity index (χ0) is 15.9. The summed E-state index contributed by atoms with van der Waals surface area (Å²) in [6.07, 6.45) is 2.72. The van der Waals surface area contributed by atoms with Gasteiger partial charge in [-0.2, -0.15) is 0 Å². The third kappa shape index (κ3) is 6.32. The summed E-state index contributed by atoms with van der Waals surface area (Å²) in [6, 6.07) is 0.205. The molecule has 124 valence electrons. The van der Waals surface area contributed by atoms with E-state index in [1.807, 2.05) is 27.7 Å². The summed E-state index contributed by atoms with van der Waals surface area (Å²) in [5, 5.41) is 3.30. The molecule has 5 nitrogen and oxygen atoms in total. The molecule has 21 heavy (non-hydrogen) atoms. The highest BCUT2D eigenvalue weighted by molar-refractivity contribution is 5.80. The third-order valence-corrected chi connectivity index (χ3v) is 3.90. The third-order valence-electron chi connectivity index (χ3n) is 3.90. The van der Waals surface area contributed by atoms with Crippen molar-refractivity contribution in [3.63, 3.8) is 0 Å². The molecule has 0 radical (unpaired) electrons. The summed E-state index contributed by atoms with van der Waals surface area (Å²) in [5.41, 5.74) is -0.710. The highest BCUT2D eigenvalue weighted by Gasteiger charge is 2.36. The van der Waals surface area contributed by atoms with Crippen LogP contribution in [0.5, 0.6) is 0 Å². The van der Waals surface area contributed by atoms with Gasteiger partial charge in [-0.1, -0.05) is 0 Å². The molecule has 2 unspecified atom stereocenters. The van der Waals surface area contributed by atoms with Crippen LogP contribution >= 0.6 is 0 Å². The summed E-state index contributed by atoms with van der Waals surface area (Å²) in [7, 11) is 1.43. The van der Waals surface area contributed by atoms with Crippen LogP contribution in [-0.2, 0) is 19.0 Å². The van der Waals surface area contributed by atoms with Gasteiger partial charge in [0, 0.05) is 32.3 Å². The minimum absolute atomic E-state index is 0.00296. The van der Waals surface area contributed by atoms with Crippen molar-refractivity contribution >= 4 is 5.97 Å². The van der Waals surface area contributed by atoms with Gasteiger partial charge in [0.05, 0.1) is 13.2 Å². The Morgan fingerprint density at radius 2 is 1.95 bits per heavy atom. The Balaban J connectivity index is 2.47. The topological polar surface area (TPSA) is 56.8 Å². The van der Waals surface area contributed by atoms with Crippen molar-refractivity contribution in [1.82, 2.24) is 5.32 Å². The van der Waals surface area contributed by atoms with E-state index in [2.05, 4.69) is 5.32 Å². The molecule has 0 saturated carbocycles. The number of esters is 1. The van der Waals surface area contributed by atoms with Crippen LogP contribution in [0, 0.1) is 5.92 Å². The molecule has 0 amide bonds. The number of carbonyl (C=O) groups excluding carboxylic acids is 1. The molecule has 0 aliphatic carbocycles. The van der Waals surface area contributed by atoms with Crippen LogP contribution in [0.2, 0.25) is 0 Å². The van der Waals surface area contributed by atoms with E-state index in [-0.39, 0.29) is 18.1 Å². The molecule has 1 rings (SSSR count). The average molecular weight is 301 g/mol. The largest absolute Gasteiger partial charge is 0.468 e. The number of hydrogen-bond acceptors (Lipinski definition) is 5. The van der Waals surface area contributed by atoms with Gasteiger partial charge in [-0.3, -0.25) is 10.1 Å². The lowest BCUT2D eigenvalue weighted by Crippen LogP contribution is -2.54. The highest BCUT2D eigenvalue weighted by Crippen LogP contribution is 2.20. The van der Waals surface area contributed by atoms with Gasteiger partial charge in [0.2, 0.25) is 0 Å². The molecule has 0 aromatic rings. The van der Waals surface area contributed by atoms with Gasteiger partial charge in [0.1, 0.15) is 5.54 Å². The minimum Gasteiger partial charge on any atom is -0.468 e. The first-order valence-electron chi connectivity index (χ1n) is 7.93. The van der Waals surface area contributed by atoms with Crippen molar-refractivity contribution < 1.29 is 19.0 Å². The quantitative estimate of drug-likeness (QED) is 0.696. The summed E-state index contributed by atoms with van der Waals surface area (Å²) in [6.45, 7) is 10.3. The van der Waals surface area contributed by atoms with Gasteiger partial charge in [-0.15, -0.1) is 0 Å². The van der Waals surface area contributed by atoms with Gasteiger partial charge in [-0.05, 0) is 46.5 Å². The molecule has 0 aromatic carbocycles. The van der Waals surface area contributed by atoms with Gasteiger partial charge in [0.15, 0.2) is 0 Å². The molecule has 1 aliphatic heterocycles. The van der Waals surface area contributed by atoms with E-state index in [1.165, 1.54) is 7.11 Å². The normalized spacial score (nSPS) is 21.0. The van der Waals surface area contributed by atoms with Crippen LogP contribution in [0.1, 0.15) is 47.0 Å². The van der Waals surface area contributed by atoms with Crippen LogP contribution < -0.4 is 5.32 Å². The van der Waals surface area contributed by atoms with E-state index >= 15 is 0 Å². The Labute approximate surface area is 128 Å². The first-order chi connectivity index (χ1) is 9.87. The fraction of sp³-hybridized carbons (Fsp3) is 0.938. The molecule has 1 saturated heterocycles. The lowest BCUT2D eigenvalue weighted by molar-refractivity contribution is -0.150. The number of ether oxygens (including phenoxy) is 3. The van der Waals surface area contributed by atoms with E-state index in [4.69, 9.17) is 14.2 Å². The second kappa shape index (κ2) is 8.71. The molecule has 0 bridgehead atoms. The van der Waals surface area contributed by atoms with E-state index in [9.17, 15) is 4.79 Å². The smallest absolute Gasteiger partial charge is 0.325 e. The first kappa shape index (κ1) is 18.4. The van der Waals surface area contributed by atoms with Gasteiger partial charge >= 0.3 is 5.97 Å². The summed E-state index contributed by atoms with van der Waals surface area (Å²) < 4.78 is 16.2. The predicted molar refractivity (Wildman–Crippen MR) is 82.3 cm³/mol. The van der Waals surface area contributed by atoms with E-state index < -0.39 is 5.54 Å². The van der Waals surface area contributed by atoms with Crippen LogP contribution in [0.25, 0.3) is 0 Å².